The molecule has 0 saturated carbocycles. The van der Waals surface area contributed by atoms with Crippen LogP contribution in [-0.4, -0.2) is 12.6 Å². The number of carbonyl (C=O) groups excluding carboxylic acids is 1. The zero-order valence-corrected chi connectivity index (χ0v) is 11.0. The Morgan fingerprint density at radius 1 is 1.53 bits per heavy atom. The van der Waals surface area contributed by atoms with Crippen LogP contribution in [0.2, 0.25) is 5.02 Å². The summed E-state index contributed by atoms with van der Waals surface area (Å²) in [5.74, 6) is -0.360. The molecule has 1 aromatic carbocycles. The van der Waals surface area contributed by atoms with Crippen LogP contribution in [0, 0.1) is 6.92 Å². The lowest BCUT2D eigenvalue weighted by atomic mass is 10.1. The fraction of sp³-hybridized carbons (Fsp3) is 0.364. The minimum Gasteiger partial charge on any atom is -0.462 e. The molecule has 0 spiro atoms. The molecule has 0 amide bonds. The Bertz CT molecular complexity index is 354. The Morgan fingerprint density at radius 3 is 2.67 bits per heavy atom. The van der Waals surface area contributed by atoms with E-state index in [4.69, 9.17) is 16.3 Å². The van der Waals surface area contributed by atoms with Gasteiger partial charge >= 0.3 is 5.97 Å². The first-order valence-electron chi connectivity index (χ1n) is 4.62. The van der Waals surface area contributed by atoms with E-state index in [1.165, 1.54) is 0 Å². The monoisotopic (exact) mass is 290 g/mol. The number of hydrogen-bond donors (Lipinski definition) is 0. The van der Waals surface area contributed by atoms with E-state index < -0.39 is 0 Å². The van der Waals surface area contributed by atoms with E-state index >= 15 is 0 Å². The molecule has 1 rings (SSSR count). The predicted octanol–water partition coefficient (Wildman–Crippen LogP) is 3.72. The normalized spacial score (nSPS) is 10.1. The maximum absolute atomic E-state index is 11.6. The topological polar surface area (TPSA) is 26.3 Å². The third kappa shape index (κ3) is 2.95. The fourth-order valence-electron chi connectivity index (χ4n) is 1.35. The predicted molar refractivity (Wildman–Crippen MR) is 64.8 cm³/mol. The molecule has 0 heterocycles. The van der Waals surface area contributed by atoms with E-state index in [-0.39, 0.29) is 5.97 Å². The second-order valence-corrected chi connectivity index (χ2v) is 4.09. The second-order valence-electron chi connectivity index (χ2n) is 3.12. The van der Waals surface area contributed by atoms with Gasteiger partial charge in [0.1, 0.15) is 0 Å². The number of hydrogen-bond acceptors (Lipinski definition) is 2. The molecule has 1 aromatic rings. The fourth-order valence-corrected chi connectivity index (χ4v) is 2.04. The van der Waals surface area contributed by atoms with Gasteiger partial charge in [-0.3, -0.25) is 0 Å². The molecule has 0 fully saturated rings. The Balaban J connectivity index is 3.13. The van der Waals surface area contributed by atoms with Gasteiger partial charge < -0.3 is 4.74 Å². The number of carbonyl (C=O) groups is 1. The summed E-state index contributed by atoms with van der Waals surface area (Å²) in [6, 6.07) is 3.70. The van der Waals surface area contributed by atoms with E-state index in [1.807, 2.05) is 13.0 Å². The summed E-state index contributed by atoms with van der Waals surface area (Å²) in [6.07, 6.45) is 0. The molecule has 15 heavy (non-hydrogen) atoms. The highest BCUT2D eigenvalue weighted by atomic mass is 79.9. The summed E-state index contributed by atoms with van der Waals surface area (Å²) < 4.78 is 4.93. The summed E-state index contributed by atoms with van der Waals surface area (Å²) >= 11 is 9.37. The van der Waals surface area contributed by atoms with Crippen LogP contribution in [0.1, 0.15) is 28.4 Å². The first kappa shape index (κ1) is 12.5. The molecular formula is C11H12BrClO2. The summed E-state index contributed by atoms with van der Waals surface area (Å²) in [5.41, 5.74) is 2.35. The van der Waals surface area contributed by atoms with Gasteiger partial charge in [-0.2, -0.15) is 0 Å². The van der Waals surface area contributed by atoms with Gasteiger partial charge in [0.25, 0.3) is 0 Å². The van der Waals surface area contributed by atoms with Crippen molar-refractivity contribution in [2.75, 3.05) is 6.61 Å². The maximum atomic E-state index is 11.6. The van der Waals surface area contributed by atoms with Crippen molar-refractivity contribution in [2.45, 2.75) is 19.2 Å². The molecule has 0 saturated heterocycles. The summed E-state index contributed by atoms with van der Waals surface area (Å²) in [7, 11) is 0. The largest absolute Gasteiger partial charge is 0.462 e. The van der Waals surface area contributed by atoms with Crippen molar-refractivity contribution >= 4 is 33.5 Å². The molecule has 0 atom stereocenters. The number of halogens is 2. The summed E-state index contributed by atoms with van der Waals surface area (Å²) in [4.78, 5) is 11.6. The highest BCUT2D eigenvalue weighted by Gasteiger charge is 2.15. The number of esters is 1. The van der Waals surface area contributed by atoms with Crippen molar-refractivity contribution < 1.29 is 9.53 Å². The van der Waals surface area contributed by atoms with Crippen LogP contribution in [0.5, 0.6) is 0 Å². The van der Waals surface area contributed by atoms with Gasteiger partial charge in [-0.05, 0) is 31.0 Å². The van der Waals surface area contributed by atoms with Crippen LogP contribution in [-0.2, 0) is 10.1 Å². The van der Waals surface area contributed by atoms with E-state index in [1.54, 1.807) is 13.0 Å². The van der Waals surface area contributed by atoms with Crippen molar-refractivity contribution in [3.05, 3.63) is 33.8 Å². The standard InChI is InChI=1S/C11H12BrClO2/c1-3-15-11(14)10-7(2)4-8(6-12)5-9(10)13/h4-5H,3,6H2,1-2H3. The Kier molecular flexibility index (Phi) is 4.61. The average Bonchev–Trinajstić information content (AvgIpc) is 2.16. The van der Waals surface area contributed by atoms with Gasteiger partial charge in [-0.1, -0.05) is 33.6 Å². The molecule has 2 nitrogen and oxygen atoms in total. The smallest absolute Gasteiger partial charge is 0.339 e. The van der Waals surface area contributed by atoms with Gasteiger partial charge in [0.15, 0.2) is 0 Å². The molecule has 0 unspecified atom stereocenters. The molecule has 82 valence electrons. The molecule has 4 heteroatoms. The molecule has 0 aliphatic rings. The summed E-state index contributed by atoms with van der Waals surface area (Å²) in [5, 5.41) is 1.17. The van der Waals surface area contributed by atoms with Gasteiger partial charge in [0.2, 0.25) is 0 Å². The van der Waals surface area contributed by atoms with Crippen LogP contribution >= 0.6 is 27.5 Å². The molecule has 0 aliphatic carbocycles. The van der Waals surface area contributed by atoms with Gasteiger partial charge in [0, 0.05) is 5.33 Å². The van der Waals surface area contributed by atoms with E-state index in [9.17, 15) is 4.79 Å². The van der Waals surface area contributed by atoms with E-state index in [2.05, 4.69) is 15.9 Å². The van der Waals surface area contributed by atoms with E-state index in [0.29, 0.717) is 17.2 Å². The lowest BCUT2D eigenvalue weighted by molar-refractivity contribution is 0.0526. The number of rotatable bonds is 3. The highest BCUT2D eigenvalue weighted by Crippen LogP contribution is 2.24. The average molecular weight is 292 g/mol. The molecule has 0 radical (unpaired) electrons. The minimum absolute atomic E-state index is 0.356. The zero-order chi connectivity index (χ0) is 11.4. The van der Waals surface area contributed by atoms with Gasteiger partial charge in [-0.15, -0.1) is 0 Å². The number of aryl methyl sites for hydroxylation is 1. The summed E-state index contributed by atoms with van der Waals surface area (Å²) in [6.45, 7) is 3.98. The highest BCUT2D eigenvalue weighted by molar-refractivity contribution is 9.08. The van der Waals surface area contributed by atoms with E-state index in [0.717, 1.165) is 16.5 Å². The lowest BCUT2D eigenvalue weighted by Crippen LogP contribution is -2.08. The molecule has 0 aliphatic heterocycles. The third-order valence-corrected chi connectivity index (χ3v) is 2.93. The van der Waals surface area contributed by atoms with Crippen molar-refractivity contribution in [1.82, 2.24) is 0 Å². The first-order valence-corrected chi connectivity index (χ1v) is 6.12. The van der Waals surface area contributed by atoms with Crippen LogP contribution in [0.3, 0.4) is 0 Å². The second kappa shape index (κ2) is 5.52. The van der Waals surface area contributed by atoms with Crippen LogP contribution in [0.25, 0.3) is 0 Å². The van der Waals surface area contributed by atoms with Crippen LogP contribution in [0.15, 0.2) is 12.1 Å². The number of ether oxygens (including phenoxy) is 1. The van der Waals surface area contributed by atoms with Gasteiger partial charge in [-0.25, -0.2) is 4.79 Å². The van der Waals surface area contributed by atoms with Gasteiger partial charge in [0.05, 0.1) is 17.2 Å². The molecule has 0 bridgehead atoms. The molecule has 0 aromatic heterocycles. The molecular weight excluding hydrogens is 279 g/mol. The molecule has 0 N–H and O–H groups in total. The van der Waals surface area contributed by atoms with Crippen LogP contribution in [0.4, 0.5) is 0 Å². The SMILES string of the molecule is CCOC(=O)c1c(C)cc(CBr)cc1Cl. The Morgan fingerprint density at radius 2 is 2.20 bits per heavy atom. The number of benzene rings is 1. The van der Waals surface area contributed by atoms with Crippen molar-refractivity contribution in [3.8, 4) is 0 Å². The zero-order valence-electron chi connectivity index (χ0n) is 8.64. The maximum Gasteiger partial charge on any atom is 0.339 e. The minimum atomic E-state index is -0.360. The Labute approximate surface area is 103 Å². The Hall–Kier alpha value is -0.540. The first-order chi connectivity index (χ1) is 7.10. The number of alkyl halides is 1. The third-order valence-electron chi connectivity index (χ3n) is 1.98. The van der Waals surface area contributed by atoms with Crippen LogP contribution < -0.4 is 0 Å². The van der Waals surface area contributed by atoms with Crippen molar-refractivity contribution in [1.29, 1.82) is 0 Å². The lowest BCUT2D eigenvalue weighted by Gasteiger charge is -2.09. The van der Waals surface area contributed by atoms with Crippen molar-refractivity contribution in [3.63, 3.8) is 0 Å². The quantitative estimate of drug-likeness (QED) is 0.627. The van der Waals surface area contributed by atoms with Crippen molar-refractivity contribution in [2.24, 2.45) is 0 Å².